The monoisotopic (exact) mass is 446 g/mol. The Morgan fingerprint density at radius 1 is 1.10 bits per heavy atom. The summed E-state index contributed by atoms with van der Waals surface area (Å²) in [6.45, 7) is 7.56. The molecule has 2 aliphatic carbocycles. The van der Waals surface area contributed by atoms with Crippen molar-refractivity contribution in [1.82, 2.24) is 15.5 Å². The van der Waals surface area contributed by atoms with Gasteiger partial charge in [0.05, 0.1) is 0 Å². The number of nitrogens with one attached hydrogen (secondary N) is 2. The Morgan fingerprint density at radius 3 is 2.13 bits per heavy atom. The number of carbonyl (C=O) groups excluding carboxylic acids is 4. The van der Waals surface area contributed by atoms with Crippen LogP contribution in [-0.2, 0) is 19.2 Å². The average Bonchev–Trinajstić information content (AvgIpc) is 3.50. The van der Waals surface area contributed by atoms with Crippen molar-refractivity contribution in [2.24, 2.45) is 34.8 Å². The van der Waals surface area contributed by atoms with Crippen LogP contribution in [0.5, 0.6) is 0 Å². The first-order valence-electron chi connectivity index (χ1n) is 10.5. The third-order valence-corrected chi connectivity index (χ3v) is 6.93. The molecule has 2 saturated carbocycles. The zero-order chi connectivity index (χ0) is 23.5. The molecule has 0 bridgehead atoms. The Kier molecular flexibility index (Phi) is 5.77. The molecule has 1 heterocycles. The molecular formula is C20H29F3N4O4. The summed E-state index contributed by atoms with van der Waals surface area (Å²) in [7, 11) is 0. The fourth-order valence-corrected chi connectivity index (χ4v) is 4.83. The number of likely N-dealkylation sites (tertiary alicyclic amines) is 1. The van der Waals surface area contributed by atoms with Gasteiger partial charge in [0, 0.05) is 6.54 Å². The third-order valence-electron chi connectivity index (χ3n) is 6.93. The first-order valence-corrected chi connectivity index (χ1v) is 10.5. The lowest BCUT2D eigenvalue weighted by atomic mass is 9.97. The normalized spacial score (nSPS) is 28.5. The maximum Gasteiger partial charge on any atom is 0.471 e. The Hall–Kier alpha value is -2.33. The summed E-state index contributed by atoms with van der Waals surface area (Å²) in [4.78, 5) is 50.8. The van der Waals surface area contributed by atoms with Gasteiger partial charge in [-0.2, -0.15) is 13.2 Å². The van der Waals surface area contributed by atoms with Crippen LogP contribution in [0.3, 0.4) is 0 Å². The Bertz CT molecular complexity index is 794. The lowest BCUT2D eigenvalue weighted by Crippen LogP contribution is -2.59. The van der Waals surface area contributed by atoms with Crippen molar-refractivity contribution in [3.63, 3.8) is 0 Å². The Morgan fingerprint density at radius 2 is 1.68 bits per heavy atom. The van der Waals surface area contributed by atoms with Crippen LogP contribution >= 0.6 is 0 Å². The molecule has 0 aromatic carbocycles. The van der Waals surface area contributed by atoms with E-state index in [4.69, 9.17) is 5.73 Å². The van der Waals surface area contributed by atoms with Gasteiger partial charge in [-0.25, -0.2) is 0 Å². The van der Waals surface area contributed by atoms with Crippen LogP contribution in [-0.4, -0.2) is 59.4 Å². The quantitative estimate of drug-likeness (QED) is 0.529. The molecule has 174 valence electrons. The maximum atomic E-state index is 13.2. The molecule has 1 unspecified atom stereocenters. The number of primary amides is 1. The number of fused-ring (bicyclic) bond motifs is 1. The van der Waals surface area contributed by atoms with Gasteiger partial charge in [-0.15, -0.1) is 0 Å². The summed E-state index contributed by atoms with van der Waals surface area (Å²) < 4.78 is 38.3. The summed E-state index contributed by atoms with van der Waals surface area (Å²) in [5, 5.41) is 4.43. The van der Waals surface area contributed by atoms with E-state index in [1.54, 1.807) is 13.8 Å². The fraction of sp³-hybridized carbons (Fsp3) is 0.800. The van der Waals surface area contributed by atoms with E-state index in [2.05, 4.69) is 5.32 Å². The number of piperidine rings is 1. The molecule has 11 heteroatoms. The van der Waals surface area contributed by atoms with Crippen molar-refractivity contribution >= 4 is 23.6 Å². The number of hydrogen-bond acceptors (Lipinski definition) is 4. The predicted molar refractivity (Wildman–Crippen MR) is 103 cm³/mol. The Balaban J connectivity index is 1.81. The minimum atomic E-state index is -5.11. The number of alkyl halides is 3. The lowest BCUT2D eigenvalue weighted by Gasteiger charge is -2.34. The minimum Gasteiger partial charge on any atom is -0.368 e. The standard InChI is InChI=1S/C20H29F3N4O4/c1-8(2)12(15(24)28)25-16(29)14-11-10(19(11,3)4)7-27(14)17(30)13(9-5-6-9)26-18(31)20(21,22)23/h8-14H,5-7H2,1-4H3,(H2,24,28)(H,25,29)(H,26,31)/t10-,11?,12-,13-,14-/m0/s1. The van der Waals surface area contributed by atoms with Crippen LogP contribution in [0.4, 0.5) is 13.2 Å². The molecule has 5 atom stereocenters. The van der Waals surface area contributed by atoms with E-state index in [1.807, 2.05) is 19.2 Å². The van der Waals surface area contributed by atoms with E-state index in [0.29, 0.717) is 12.8 Å². The molecule has 0 radical (unpaired) electrons. The molecule has 0 spiro atoms. The van der Waals surface area contributed by atoms with E-state index in [9.17, 15) is 32.3 Å². The highest BCUT2D eigenvalue weighted by molar-refractivity contribution is 5.96. The van der Waals surface area contributed by atoms with Crippen LogP contribution < -0.4 is 16.4 Å². The van der Waals surface area contributed by atoms with Crippen LogP contribution in [0.25, 0.3) is 0 Å². The number of carbonyl (C=O) groups is 4. The number of nitrogens with zero attached hydrogens (tertiary/aromatic N) is 1. The highest BCUT2D eigenvalue weighted by Crippen LogP contribution is 2.65. The number of amides is 4. The molecule has 31 heavy (non-hydrogen) atoms. The second kappa shape index (κ2) is 7.67. The second-order valence-electron chi connectivity index (χ2n) is 9.81. The SMILES string of the molecule is CC(C)[C@H](NC(=O)[C@@H]1C2[C@H](CN1C(=O)[C@@H](NC(=O)C(F)(F)F)C1CC1)C2(C)C)C(N)=O. The fourth-order valence-electron chi connectivity index (χ4n) is 4.83. The van der Waals surface area contributed by atoms with Crippen LogP contribution in [0.15, 0.2) is 0 Å². The third kappa shape index (κ3) is 4.36. The highest BCUT2D eigenvalue weighted by Gasteiger charge is 2.70. The van der Waals surface area contributed by atoms with E-state index < -0.39 is 47.9 Å². The second-order valence-corrected chi connectivity index (χ2v) is 9.81. The number of rotatable bonds is 7. The average molecular weight is 446 g/mol. The zero-order valence-corrected chi connectivity index (χ0v) is 18.0. The number of hydrogen-bond donors (Lipinski definition) is 3. The molecule has 3 rings (SSSR count). The molecule has 0 aromatic rings. The first kappa shape index (κ1) is 23.3. The van der Waals surface area contributed by atoms with Gasteiger partial charge in [0.25, 0.3) is 0 Å². The van der Waals surface area contributed by atoms with E-state index >= 15 is 0 Å². The van der Waals surface area contributed by atoms with Crippen molar-refractivity contribution < 1.29 is 32.3 Å². The molecule has 4 N–H and O–H groups in total. The van der Waals surface area contributed by atoms with Gasteiger partial charge in [0.2, 0.25) is 17.7 Å². The summed E-state index contributed by atoms with van der Waals surface area (Å²) >= 11 is 0. The van der Waals surface area contributed by atoms with Crippen LogP contribution in [0, 0.1) is 29.1 Å². The van der Waals surface area contributed by atoms with Crippen molar-refractivity contribution in [3.05, 3.63) is 0 Å². The van der Waals surface area contributed by atoms with E-state index in [0.717, 1.165) is 0 Å². The maximum absolute atomic E-state index is 13.2. The predicted octanol–water partition coefficient (Wildman–Crippen LogP) is 0.553. The van der Waals surface area contributed by atoms with Gasteiger partial charge in [0.1, 0.15) is 18.1 Å². The molecule has 1 saturated heterocycles. The summed E-state index contributed by atoms with van der Waals surface area (Å²) in [6.07, 6.45) is -4.06. The van der Waals surface area contributed by atoms with Crippen molar-refractivity contribution in [3.8, 4) is 0 Å². The molecule has 8 nitrogen and oxygen atoms in total. The summed E-state index contributed by atoms with van der Waals surface area (Å²) in [6, 6.07) is -3.20. The van der Waals surface area contributed by atoms with Gasteiger partial charge in [-0.1, -0.05) is 27.7 Å². The van der Waals surface area contributed by atoms with Gasteiger partial charge >= 0.3 is 12.1 Å². The van der Waals surface area contributed by atoms with Gasteiger partial charge in [-0.3, -0.25) is 19.2 Å². The van der Waals surface area contributed by atoms with E-state index in [-0.39, 0.29) is 35.6 Å². The molecular weight excluding hydrogens is 417 g/mol. The minimum absolute atomic E-state index is 0.0106. The van der Waals surface area contributed by atoms with Crippen LogP contribution in [0.1, 0.15) is 40.5 Å². The van der Waals surface area contributed by atoms with Gasteiger partial charge < -0.3 is 21.3 Å². The van der Waals surface area contributed by atoms with Gasteiger partial charge in [0.15, 0.2) is 0 Å². The molecule has 3 aliphatic rings. The summed E-state index contributed by atoms with van der Waals surface area (Å²) in [5.74, 6) is -4.96. The molecule has 3 fully saturated rings. The van der Waals surface area contributed by atoms with Gasteiger partial charge in [-0.05, 0) is 41.9 Å². The molecule has 4 amide bonds. The Labute approximate surface area is 178 Å². The zero-order valence-electron chi connectivity index (χ0n) is 18.0. The molecule has 1 aliphatic heterocycles. The smallest absolute Gasteiger partial charge is 0.368 e. The number of halogens is 3. The first-order chi connectivity index (χ1) is 14.2. The highest BCUT2D eigenvalue weighted by atomic mass is 19.4. The van der Waals surface area contributed by atoms with E-state index in [1.165, 1.54) is 4.90 Å². The van der Waals surface area contributed by atoms with Crippen molar-refractivity contribution in [2.75, 3.05) is 6.54 Å². The summed E-state index contributed by atoms with van der Waals surface area (Å²) in [5.41, 5.74) is 5.16. The number of nitrogens with two attached hydrogens (primary N) is 1. The molecule has 0 aromatic heterocycles. The van der Waals surface area contributed by atoms with Crippen LogP contribution in [0.2, 0.25) is 0 Å². The lowest BCUT2D eigenvalue weighted by molar-refractivity contribution is -0.175. The largest absolute Gasteiger partial charge is 0.471 e. The van der Waals surface area contributed by atoms with Crippen molar-refractivity contribution in [2.45, 2.75) is 64.8 Å². The van der Waals surface area contributed by atoms with Crippen molar-refractivity contribution in [1.29, 1.82) is 0 Å². The topological polar surface area (TPSA) is 122 Å².